The number of ether oxygens (including phenoxy) is 1. The second-order valence-electron chi connectivity index (χ2n) is 4.73. The molecule has 4 nitrogen and oxygen atoms in total. The standard InChI is InChI=1S/C14H30N2O2/c15-11-9-7-5-3-1-2-4-6-8-10-14(17)18-13-12-16/h1-13,15-16H2. The molecule has 0 heterocycles. The second-order valence-corrected chi connectivity index (χ2v) is 4.73. The number of hydrogen-bond acceptors (Lipinski definition) is 4. The number of hydrogen-bond donors (Lipinski definition) is 2. The van der Waals surface area contributed by atoms with E-state index in [1.165, 1.54) is 38.5 Å². The maximum absolute atomic E-state index is 11.1. The van der Waals surface area contributed by atoms with Gasteiger partial charge in [0.05, 0.1) is 0 Å². The Kier molecular flexibility index (Phi) is 14.0. The van der Waals surface area contributed by atoms with Crippen molar-refractivity contribution in [2.45, 2.75) is 64.2 Å². The van der Waals surface area contributed by atoms with Crippen molar-refractivity contribution >= 4 is 5.97 Å². The van der Waals surface area contributed by atoms with Gasteiger partial charge in [-0.2, -0.15) is 0 Å². The quantitative estimate of drug-likeness (QED) is 0.392. The molecule has 0 bridgehead atoms. The van der Waals surface area contributed by atoms with E-state index in [2.05, 4.69) is 0 Å². The molecule has 0 atom stereocenters. The monoisotopic (exact) mass is 258 g/mol. The Morgan fingerprint density at radius 2 is 1.22 bits per heavy atom. The van der Waals surface area contributed by atoms with E-state index in [-0.39, 0.29) is 5.97 Å². The largest absolute Gasteiger partial charge is 0.464 e. The number of unbranched alkanes of at least 4 members (excludes halogenated alkanes) is 8. The molecule has 0 aliphatic rings. The summed E-state index contributed by atoms with van der Waals surface area (Å²) in [6.45, 7) is 1.58. The Hall–Kier alpha value is -0.610. The highest BCUT2D eigenvalue weighted by Gasteiger charge is 2.01. The first-order valence-corrected chi connectivity index (χ1v) is 7.37. The van der Waals surface area contributed by atoms with Gasteiger partial charge in [-0.05, 0) is 19.4 Å². The fourth-order valence-electron chi connectivity index (χ4n) is 1.90. The molecule has 0 aromatic carbocycles. The SMILES string of the molecule is NCCCCCCCCCCCC(=O)OCCN. The lowest BCUT2D eigenvalue weighted by Crippen LogP contribution is -2.13. The fraction of sp³-hybridized carbons (Fsp3) is 0.929. The summed E-state index contributed by atoms with van der Waals surface area (Å²) in [7, 11) is 0. The lowest BCUT2D eigenvalue weighted by molar-refractivity contribution is -0.143. The average molecular weight is 258 g/mol. The van der Waals surface area contributed by atoms with E-state index in [4.69, 9.17) is 16.2 Å². The first-order chi connectivity index (χ1) is 8.81. The van der Waals surface area contributed by atoms with Crippen LogP contribution in [0.3, 0.4) is 0 Å². The molecule has 0 rings (SSSR count). The van der Waals surface area contributed by atoms with Crippen LogP contribution in [0.4, 0.5) is 0 Å². The maximum Gasteiger partial charge on any atom is 0.305 e. The third-order valence-electron chi connectivity index (χ3n) is 2.97. The molecule has 0 spiro atoms. The van der Waals surface area contributed by atoms with E-state index in [1.807, 2.05) is 0 Å². The number of carbonyl (C=O) groups is 1. The highest BCUT2D eigenvalue weighted by molar-refractivity contribution is 5.69. The van der Waals surface area contributed by atoms with Crippen molar-refractivity contribution in [1.29, 1.82) is 0 Å². The van der Waals surface area contributed by atoms with Crippen LogP contribution in [0.5, 0.6) is 0 Å². The van der Waals surface area contributed by atoms with E-state index in [1.54, 1.807) is 0 Å². The van der Waals surface area contributed by atoms with Crippen molar-refractivity contribution in [3.63, 3.8) is 0 Å². The molecular formula is C14H30N2O2. The molecule has 0 saturated heterocycles. The fourth-order valence-corrected chi connectivity index (χ4v) is 1.90. The highest BCUT2D eigenvalue weighted by atomic mass is 16.5. The summed E-state index contributed by atoms with van der Waals surface area (Å²) in [5.74, 6) is -0.109. The summed E-state index contributed by atoms with van der Waals surface area (Å²) in [6, 6.07) is 0. The Balaban J connectivity index is 3.04. The molecule has 18 heavy (non-hydrogen) atoms. The van der Waals surface area contributed by atoms with Crippen LogP contribution in [0.2, 0.25) is 0 Å². The number of nitrogens with two attached hydrogens (primary N) is 2. The summed E-state index contributed by atoms with van der Waals surface area (Å²) in [5.41, 5.74) is 10.7. The van der Waals surface area contributed by atoms with Gasteiger partial charge in [-0.15, -0.1) is 0 Å². The Morgan fingerprint density at radius 1 is 0.722 bits per heavy atom. The average Bonchev–Trinajstić information content (AvgIpc) is 2.38. The van der Waals surface area contributed by atoms with Crippen LogP contribution in [-0.2, 0) is 9.53 Å². The molecule has 0 saturated carbocycles. The maximum atomic E-state index is 11.1. The molecule has 4 heteroatoms. The van der Waals surface area contributed by atoms with Crippen LogP contribution in [0.15, 0.2) is 0 Å². The van der Waals surface area contributed by atoms with Crippen molar-refractivity contribution < 1.29 is 9.53 Å². The molecule has 0 amide bonds. The van der Waals surface area contributed by atoms with Gasteiger partial charge in [0.25, 0.3) is 0 Å². The van der Waals surface area contributed by atoms with Crippen LogP contribution in [-0.4, -0.2) is 25.7 Å². The van der Waals surface area contributed by atoms with Crippen molar-refractivity contribution in [3.05, 3.63) is 0 Å². The predicted molar refractivity (Wildman–Crippen MR) is 75.2 cm³/mol. The summed E-state index contributed by atoms with van der Waals surface area (Å²) in [6.07, 6.45) is 11.5. The molecule has 0 fully saturated rings. The van der Waals surface area contributed by atoms with Gasteiger partial charge in [-0.3, -0.25) is 4.79 Å². The van der Waals surface area contributed by atoms with Gasteiger partial charge in [0.1, 0.15) is 6.61 Å². The molecule has 108 valence electrons. The van der Waals surface area contributed by atoms with E-state index >= 15 is 0 Å². The summed E-state index contributed by atoms with van der Waals surface area (Å²) in [5, 5.41) is 0. The molecular weight excluding hydrogens is 228 g/mol. The zero-order chi connectivity index (χ0) is 13.5. The van der Waals surface area contributed by atoms with Crippen LogP contribution in [0.1, 0.15) is 64.2 Å². The molecule has 0 radical (unpaired) electrons. The van der Waals surface area contributed by atoms with E-state index in [0.29, 0.717) is 19.6 Å². The zero-order valence-electron chi connectivity index (χ0n) is 11.7. The van der Waals surface area contributed by atoms with E-state index in [9.17, 15) is 4.79 Å². The number of rotatable bonds is 13. The predicted octanol–water partition coefficient (Wildman–Crippen LogP) is 2.35. The minimum atomic E-state index is -0.109. The Bertz CT molecular complexity index is 187. The molecule has 0 aliphatic heterocycles. The van der Waals surface area contributed by atoms with Gasteiger partial charge in [0, 0.05) is 13.0 Å². The van der Waals surface area contributed by atoms with Gasteiger partial charge >= 0.3 is 5.97 Å². The molecule has 0 aromatic heterocycles. The second kappa shape index (κ2) is 14.5. The van der Waals surface area contributed by atoms with Crippen LogP contribution < -0.4 is 11.5 Å². The van der Waals surface area contributed by atoms with E-state index < -0.39 is 0 Å². The first-order valence-electron chi connectivity index (χ1n) is 7.37. The topological polar surface area (TPSA) is 78.3 Å². The van der Waals surface area contributed by atoms with Gasteiger partial charge in [-0.25, -0.2) is 0 Å². The zero-order valence-corrected chi connectivity index (χ0v) is 11.7. The third kappa shape index (κ3) is 13.5. The van der Waals surface area contributed by atoms with Crippen molar-refractivity contribution in [3.8, 4) is 0 Å². The number of esters is 1. The minimum absolute atomic E-state index is 0.109. The van der Waals surface area contributed by atoms with Gasteiger partial charge in [-0.1, -0.05) is 44.9 Å². The molecule has 4 N–H and O–H groups in total. The third-order valence-corrected chi connectivity index (χ3v) is 2.97. The Labute approximate surface area is 111 Å². The molecule has 0 aliphatic carbocycles. The number of carbonyl (C=O) groups excluding carboxylic acids is 1. The van der Waals surface area contributed by atoms with Crippen molar-refractivity contribution in [2.24, 2.45) is 11.5 Å². The lowest BCUT2D eigenvalue weighted by atomic mass is 10.1. The Morgan fingerprint density at radius 3 is 1.72 bits per heavy atom. The molecule has 0 unspecified atom stereocenters. The molecule has 0 aromatic rings. The van der Waals surface area contributed by atoms with Crippen LogP contribution in [0.25, 0.3) is 0 Å². The normalized spacial score (nSPS) is 10.6. The lowest BCUT2D eigenvalue weighted by Gasteiger charge is -2.03. The van der Waals surface area contributed by atoms with Gasteiger partial charge < -0.3 is 16.2 Å². The summed E-state index contributed by atoms with van der Waals surface area (Å²) >= 11 is 0. The first kappa shape index (κ1) is 17.4. The smallest absolute Gasteiger partial charge is 0.305 e. The van der Waals surface area contributed by atoms with Crippen molar-refractivity contribution in [2.75, 3.05) is 19.7 Å². The minimum Gasteiger partial charge on any atom is -0.464 e. The van der Waals surface area contributed by atoms with Crippen LogP contribution >= 0.6 is 0 Å². The van der Waals surface area contributed by atoms with Crippen molar-refractivity contribution in [1.82, 2.24) is 0 Å². The van der Waals surface area contributed by atoms with Crippen LogP contribution in [0, 0.1) is 0 Å². The summed E-state index contributed by atoms with van der Waals surface area (Å²) < 4.78 is 4.90. The highest BCUT2D eigenvalue weighted by Crippen LogP contribution is 2.10. The van der Waals surface area contributed by atoms with Gasteiger partial charge in [0.15, 0.2) is 0 Å². The van der Waals surface area contributed by atoms with E-state index in [0.717, 1.165) is 25.8 Å². The van der Waals surface area contributed by atoms with Gasteiger partial charge in [0.2, 0.25) is 0 Å². The summed E-state index contributed by atoms with van der Waals surface area (Å²) in [4.78, 5) is 11.1.